The van der Waals surface area contributed by atoms with Gasteiger partial charge in [0.25, 0.3) is 11.5 Å². The van der Waals surface area contributed by atoms with Gasteiger partial charge in [-0.1, -0.05) is 43.0 Å². The molecule has 0 atom stereocenters. The quantitative estimate of drug-likeness (QED) is 0.335. The highest BCUT2D eigenvalue weighted by atomic mass is 16.1. The fourth-order valence-corrected chi connectivity index (χ4v) is 4.18. The van der Waals surface area contributed by atoms with Gasteiger partial charge in [0.05, 0.1) is 16.6 Å². The predicted octanol–water partition coefficient (Wildman–Crippen LogP) is 3.15. The van der Waals surface area contributed by atoms with Crippen LogP contribution in [0.3, 0.4) is 0 Å². The van der Waals surface area contributed by atoms with Crippen molar-refractivity contribution in [3.63, 3.8) is 0 Å². The Morgan fingerprint density at radius 1 is 0.950 bits per heavy atom. The maximum atomic E-state index is 13.4. The highest BCUT2D eigenvalue weighted by Crippen LogP contribution is 2.17. The second kappa shape index (κ2) is 11.3. The molecule has 10 heteroatoms. The van der Waals surface area contributed by atoms with Crippen molar-refractivity contribution < 1.29 is 4.79 Å². The number of amides is 1. The van der Waals surface area contributed by atoms with Crippen LogP contribution >= 0.6 is 0 Å². The zero-order valence-electron chi connectivity index (χ0n) is 21.5. The van der Waals surface area contributed by atoms with Gasteiger partial charge in [0.2, 0.25) is 0 Å². The van der Waals surface area contributed by atoms with Gasteiger partial charge < -0.3 is 11.5 Å². The maximum absolute atomic E-state index is 13.4. The number of aromatic nitrogens is 6. The van der Waals surface area contributed by atoms with E-state index in [4.69, 9.17) is 16.5 Å². The lowest BCUT2D eigenvalue weighted by Crippen LogP contribution is -2.24. The molecule has 0 saturated heterocycles. The maximum Gasteiger partial charge on any atom is 0.267 e. The molecule has 196 valence electrons. The topological polar surface area (TPSA) is 147 Å². The molecule has 0 aliphatic heterocycles. The summed E-state index contributed by atoms with van der Waals surface area (Å²) >= 11 is 0. The Labute approximate surface area is 229 Å². The fraction of sp³-hybridized carbons (Fsp3) is 0.0667. The molecule has 6 aromatic rings. The van der Waals surface area contributed by atoms with E-state index in [0.29, 0.717) is 28.5 Å². The van der Waals surface area contributed by atoms with Gasteiger partial charge >= 0.3 is 0 Å². The first-order valence-electron chi connectivity index (χ1n) is 12.4. The number of aryl methyl sites for hydroxylation is 1. The smallest absolute Gasteiger partial charge is 0.267 e. The minimum atomic E-state index is -0.619. The minimum Gasteiger partial charge on any atom is -0.381 e. The van der Waals surface area contributed by atoms with Crippen LogP contribution in [-0.2, 0) is 6.42 Å². The first kappa shape index (κ1) is 25.8. The van der Waals surface area contributed by atoms with E-state index < -0.39 is 5.91 Å². The third kappa shape index (κ3) is 5.12. The van der Waals surface area contributed by atoms with Crippen molar-refractivity contribution in [1.82, 2.24) is 29.1 Å². The normalized spacial score (nSPS) is 10.4. The average Bonchev–Trinajstić information content (AvgIpc) is 3.33. The number of nitrogen functional groups attached to an aromatic ring is 1. The molecule has 4 aromatic heterocycles. The van der Waals surface area contributed by atoms with Gasteiger partial charge in [-0.25, -0.2) is 14.5 Å². The molecule has 40 heavy (non-hydrogen) atoms. The van der Waals surface area contributed by atoms with Crippen molar-refractivity contribution in [2.75, 3.05) is 5.73 Å². The molecule has 0 unspecified atom stereocenters. The van der Waals surface area contributed by atoms with Crippen LogP contribution in [0.4, 0.5) is 5.82 Å². The van der Waals surface area contributed by atoms with Crippen LogP contribution in [-0.4, -0.2) is 35.0 Å². The van der Waals surface area contributed by atoms with Crippen LogP contribution < -0.4 is 17.0 Å². The van der Waals surface area contributed by atoms with Gasteiger partial charge in [-0.15, -0.1) is 5.10 Å². The zero-order chi connectivity index (χ0) is 28.1. The van der Waals surface area contributed by atoms with Crippen LogP contribution in [0.25, 0.3) is 22.2 Å². The number of fused-ring (bicyclic) bond motifs is 2. The van der Waals surface area contributed by atoms with Crippen molar-refractivity contribution >= 4 is 28.3 Å². The Bertz CT molecular complexity index is 1950. The number of carbonyl (C=O) groups is 1. The highest BCUT2D eigenvalue weighted by molar-refractivity contribution is 6.03. The van der Waals surface area contributed by atoms with Crippen molar-refractivity contribution in [1.29, 1.82) is 0 Å². The summed E-state index contributed by atoms with van der Waals surface area (Å²) in [4.78, 5) is 37.0. The molecule has 0 saturated carbocycles. The molecule has 4 heterocycles. The van der Waals surface area contributed by atoms with Gasteiger partial charge in [0.1, 0.15) is 11.4 Å². The Morgan fingerprint density at radius 2 is 1.73 bits per heavy atom. The summed E-state index contributed by atoms with van der Waals surface area (Å²) in [6.45, 7) is 2.00. The summed E-state index contributed by atoms with van der Waals surface area (Å²) < 4.78 is 3.09. The molecule has 0 aliphatic rings. The van der Waals surface area contributed by atoms with E-state index >= 15 is 0 Å². The number of nitrogens with zero attached hydrogens (tertiary/aromatic N) is 6. The molecule has 6 rings (SSSR count). The van der Waals surface area contributed by atoms with Crippen molar-refractivity contribution in [3.8, 4) is 17.5 Å². The Hall–Kier alpha value is -5.82. The first-order chi connectivity index (χ1) is 19.5. The van der Waals surface area contributed by atoms with Crippen LogP contribution in [0, 0.1) is 11.8 Å². The molecule has 0 radical (unpaired) electrons. The molecular weight excluding hydrogens is 504 g/mol. The Balaban J connectivity index is 0.000000207. The van der Waals surface area contributed by atoms with E-state index in [1.807, 2.05) is 67.6 Å². The van der Waals surface area contributed by atoms with Crippen molar-refractivity contribution in [2.45, 2.75) is 13.3 Å². The number of pyridine rings is 1. The number of para-hydroxylation sites is 1. The van der Waals surface area contributed by atoms with Gasteiger partial charge in [-0.05, 0) is 42.5 Å². The first-order valence-corrected chi connectivity index (χ1v) is 12.4. The highest BCUT2D eigenvalue weighted by Gasteiger charge is 2.16. The number of rotatable bonds is 3. The number of primary amides is 1. The summed E-state index contributed by atoms with van der Waals surface area (Å²) in [6, 6.07) is 20.6. The van der Waals surface area contributed by atoms with E-state index in [2.05, 4.69) is 26.9 Å². The van der Waals surface area contributed by atoms with Crippen molar-refractivity contribution in [2.24, 2.45) is 5.73 Å². The van der Waals surface area contributed by atoms with Crippen LogP contribution in [0.15, 0.2) is 96.3 Å². The third-order valence-electron chi connectivity index (χ3n) is 5.99. The lowest BCUT2D eigenvalue weighted by Gasteiger charge is -2.13. The monoisotopic (exact) mass is 528 g/mol. The van der Waals surface area contributed by atoms with Gasteiger partial charge in [0, 0.05) is 42.3 Å². The third-order valence-corrected chi connectivity index (χ3v) is 5.99. The lowest BCUT2D eigenvalue weighted by molar-refractivity contribution is 0.100. The number of hydrogen-bond acceptors (Lipinski definition) is 7. The summed E-state index contributed by atoms with van der Waals surface area (Å²) in [5.41, 5.74) is 14.1. The van der Waals surface area contributed by atoms with Crippen molar-refractivity contribution in [3.05, 3.63) is 124 Å². The summed E-state index contributed by atoms with van der Waals surface area (Å²) in [7, 11) is 0. The van der Waals surface area contributed by atoms with E-state index in [0.717, 1.165) is 17.1 Å². The van der Waals surface area contributed by atoms with Crippen LogP contribution in [0.5, 0.6) is 0 Å². The number of anilines is 1. The van der Waals surface area contributed by atoms with Gasteiger partial charge in [0.15, 0.2) is 11.5 Å². The minimum absolute atomic E-state index is 0.0947. The standard InChI is InChI=1S/C23H17N3O.C7H7N5O/c1-2-21-25-20-10-6-7-18(12-11-17-13-15-24-16-14-17)22(20)23(27)26(21)19-8-4-3-5-9-19;8-5-4(6(9)13)7-10-2-1-3-12(7)11-5/h3-10,13-16H,2H2,1H3;1-3H,(H2,8,11)(H2,9,13). The molecule has 0 fully saturated rings. The second-order valence-electron chi connectivity index (χ2n) is 8.56. The molecular formula is C30H24N8O2. The van der Waals surface area contributed by atoms with E-state index in [-0.39, 0.29) is 16.9 Å². The van der Waals surface area contributed by atoms with Crippen LogP contribution in [0.2, 0.25) is 0 Å². The molecule has 1 amide bonds. The van der Waals surface area contributed by atoms with E-state index in [1.165, 1.54) is 4.52 Å². The van der Waals surface area contributed by atoms with Crippen LogP contribution in [0.1, 0.15) is 34.2 Å². The Kier molecular flexibility index (Phi) is 7.28. The predicted molar refractivity (Wildman–Crippen MR) is 153 cm³/mol. The summed E-state index contributed by atoms with van der Waals surface area (Å²) in [5.74, 6) is 6.45. The number of carbonyl (C=O) groups excluding carboxylic acids is 1. The number of nitrogens with two attached hydrogens (primary N) is 2. The molecule has 2 aromatic carbocycles. The lowest BCUT2D eigenvalue weighted by atomic mass is 10.1. The van der Waals surface area contributed by atoms with E-state index in [1.54, 1.807) is 35.4 Å². The second-order valence-corrected chi connectivity index (χ2v) is 8.56. The number of hydrogen-bond donors (Lipinski definition) is 2. The number of benzene rings is 2. The largest absolute Gasteiger partial charge is 0.381 e. The van der Waals surface area contributed by atoms with Gasteiger partial charge in [-0.3, -0.25) is 19.1 Å². The van der Waals surface area contributed by atoms with E-state index in [9.17, 15) is 9.59 Å². The molecule has 0 bridgehead atoms. The zero-order valence-corrected chi connectivity index (χ0v) is 21.5. The average molecular weight is 529 g/mol. The molecule has 10 nitrogen and oxygen atoms in total. The molecule has 0 aliphatic carbocycles. The van der Waals surface area contributed by atoms with Gasteiger partial charge in [-0.2, -0.15) is 0 Å². The molecule has 4 N–H and O–H groups in total. The SMILES string of the molecule is CCc1nc2cccc(C#Cc3ccncc3)c2c(=O)n1-c1ccccc1.NC(=O)c1c(N)nn2cccnc12. The summed E-state index contributed by atoms with van der Waals surface area (Å²) in [5, 5.41) is 4.41. The fourth-order valence-electron chi connectivity index (χ4n) is 4.18. The summed E-state index contributed by atoms with van der Waals surface area (Å²) in [6.07, 6.45) is 7.25. The Morgan fingerprint density at radius 3 is 2.45 bits per heavy atom. The molecule has 0 spiro atoms.